The summed E-state index contributed by atoms with van der Waals surface area (Å²) >= 11 is 0. The van der Waals surface area contributed by atoms with Gasteiger partial charge in [0.15, 0.2) is 0 Å². The minimum absolute atomic E-state index is 0.325. The summed E-state index contributed by atoms with van der Waals surface area (Å²) in [6, 6.07) is 0.539. The van der Waals surface area contributed by atoms with Gasteiger partial charge in [0.1, 0.15) is 6.04 Å². The van der Waals surface area contributed by atoms with Crippen LogP contribution in [0.2, 0.25) is 0 Å². The van der Waals surface area contributed by atoms with Crippen molar-refractivity contribution in [2.45, 2.75) is 45.7 Å². The fraction of sp³-hybridized carbons (Fsp3) is 0.500. The fourth-order valence-corrected chi connectivity index (χ4v) is 1.73. The number of rotatable bonds is 7. The average molecular weight is 279 g/mol. The largest absolute Gasteiger partial charge is 0.480 e. The van der Waals surface area contributed by atoms with Gasteiger partial charge in [0.25, 0.3) is 0 Å². The normalized spacial score (nSPS) is 11.7. The third-order valence-electron chi connectivity index (χ3n) is 3.04. The number of carboxylic acids is 1. The number of urea groups is 1. The molecule has 0 aliphatic carbocycles. The molecule has 0 saturated heterocycles. The second-order valence-corrected chi connectivity index (χ2v) is 4.66. The third-order valence-corrected chi connectivity index (χ3v) is 3.04. The standard InChI is InChI=1S/C14H21N3O3/c1-3-4-5-12(13(18)19)17-14(20)16-9-11-8-15-7-6-10(11)2/h6-8,12H,3-5,9H2,1-2H3,(H,18,19)(H2,16,17,20). The van der Waals surface area contributed by atoms with Crippen LogP contribution in [0.25, 0.3) is 0 Å². The zero-order valence-corrected chi connectivity index (χ0v) is 11.8. The van der Waals surface area contributed by atoms with Crippen molar-refractivity contribution in [1.82, 2.24) is 15.6 Å². The van der Waals surface area contributed by atoms with Gasteiger partial charge in [-0.15, -0.1) is 0 Å². The number of nitrogens with zero attached hydrogens (tertiary/aromatic N) is 1. The van der Waals surface area contributed by atoms with Crippen LogP contribution < -0.4 is 10.6 Å². The first kappa shape index (κ1) is 15.9. The van der Waals surface area contributed by atoms with Crippen LogP contribution in [0.15, 0.2) is 18.5 Å². The van der Waals surface area contributed by atoms with E-state index < -0.39 is 18.0 Å². The predicted molar refractivity (Wildman–Crippen MR) is 75.3 cm³/mol. The molecule has 2 amide bonds. The molecule has 1 aromatic heterocycles. The summed E-state index contributed by atoms with van der Waals surface area (Å²) in [7, 11) is 0. The number of aryl methyl sites for hydroxylation is 1. The number of amides is 2. The van der Waals surface area contributed by atoms with Gasteiger partial charge >= 0.3 is 12.0 Å². The summed E-state index contributed by atoms with van der Waals surface area (Å²) in [5.74, 6) is -1.01. The molecule has 0 fully saturated rings. The highest BCUT2D eigenvalue weighted by Gasteiger charge is 2.18. The van der Waals surface area contributed by atoms with Crippen LogP contribution in [0.4, 0.5) is 4.79 Å². The molecule has 1 atom stereocenters. The number of aliphatic carboxylic acids is 1. The van der Waals surface area contributed by atoms with E-state index in [9.17, 15) is 9.59 Å². The van der Waals surface area contributed by atoms with Crippen molar-refractivity contribution < 1.29 is 14.7 Å². The van der Waals surface area contributed by atoms with E-state index >= 15 is 0 Å². The van der Waals surface area contributed by atoms with E-state index in [0.717, 1.165) is 24.0 Å². The average Bonchev–Trinajstić information content (AvgIpc) is 2.42. The number of carbonyl (C=O) groups is 2. The number of aromatic nitrogens is 1. The summed E-state index contributed by atoms with van der Waals surface area (Å²) < 4.78 is 0. The van der Waals surface area contributed by atoms with Gasteiger partial charge < -0.3 is 15.7 Å². The smallest absolute Gasteiger partial charge is 0.326 e. The van der Waals surface area contributed by atoms with Crippen molar-refractivity contribution >= 4 is 12.0 Å². The molecule has 0 aliphatic heterocycles. The molecular weight excluding hydrogens is 258 g/mol. The molecule has 110 valence electrons. The Balaban J connectivity index is 2.46. The Labute approximate surface area is 118 Å². The van der Waals surface area contributed by atoms with E-state index in [2.05, 4.69) is 15.6 Å². The van der Waals surface area contributed by atoms with E-state index in [1.165, 1.54) is 0 Å². The maximum atomic E-state index is 11.7. The van der Waals surface area contributed by atoms with Gasteiger partial charge in [-0.3, -0.25) is 4.98 Å². The van der Waals surface area contributed by atoms with Gasteiger partial charge in [-0.05, 0) is 30.5 Å². The van der Waals surface area contributed by atoms with E-state index in [0.29, 0.717) is 13.0 Å². The van der Waals surface area contributed by atoms with Gasteiger partial charge in [-0.2, -0.15) is 0 Å². The second-order valence-electron chi connectivity index (χ2n) is 4.66. The summed E-state index contributed by atoms with van der Waals surface area (Å²) in [4.78, 5) is 26.7. The number of carbonyl (C=O) groups excluding carboxylic acids is 1. The van der Waals surface area contributed by atoms with Gasteiger partial charge in [-0.25, -0.2) is 9.59 Å². The van der Waals surface area contributed by atoms with Crippen LogP contribution in [0.1, 0.15) is 37.3 Å². The lowest BCUT2D eigenvalue weighted by atomic mass is 10.1. The molecule has 1 rings (SSSR count). The van der Waals surface area contributed by atoms with Gasteiger partial charge in [0.05, 0.1) is 0 Å². The summed E-state index contributed by atoms with van der Waals surface area (Å²) in [6.07, 6.45) is 5.46. The molecular formula is C14H21N3O3. The zero-order valence-electron chi connectivity index (χ0n) is 11.8. The first-order valence-electron chi connectivity index (χ1n) is 6.71. The second kappa shape index (κ2) is 8.14. The maximum Gasteiger partial charge on any atom is 0.326 e. The molecule has 0 bridgehead atoms. The number of hydrogen-bond acceptors (Lipinski definition) is 3. The van der Waals surface area contributed by atoms with E-state index in [1.54, 1.807) is 12.4 Å². The van der Waals surface area contributed by atoms with E-state index in [-0.39, 0.29) is 0 Å². The Morgan fingerprint density at radius 2 is 2.20 bits per heavy atom. The van der Waals surface area contributed by atoms with Crippen LogP contribution in [0, 0.1) is 6.92 Å². The number of pyridine rings is 1. The highest BCUT2D eigenvalue weighted by atomic mass is 16.4. The number of unbranched alkanes of at least 4 members (excludes halogenated alkanes) is 1. The Morgan fingerprint density at radius 1 is 1.45 bits per heavy atom. The predicted octanol–water partition coefficient (Wildman–Crippen LogP) is 1.83. The Morgan fingerprint density at radius 3 is 2.80 bits per heavy atom. The summed E-state index contributed by atoms with van der Waals surface area (Å²) in [5, 5.41) is 14.1. The van der Waals surface area contributed by atoms with Crippen LogP contribution in [-0.4, -0.2) is 28.1 Å². The van der Waals surface area contributed by atoms with Crippen LogP contribution in [0.3, 0.4) is 0 Å². The van der Waals surface area contributed by atoms with Crippen molar-refractivity contribution in [2.75, 3.05) is 0 Å². The first-order chi connectivity index (χ1) is 9.54. The van der Waals surface area contributed by atoms with Crippen LogP contribution in [0.5, 0.6) is 0 Å². The number of hydrogen-bond donors (Lipinski definition) is 3. The topological polar surface area (TPSA) is 91.3 Å². The first-order valence-corrected chi connectivity index (χ1v) is 6.71. The van der Waals surface area contributed by atoms with Crippen molar-refractivity contribution in [2.24, 2.45) is 0 Å². The Hall–Kier alpha value is -2.11. The third kappa shape index (κ3) is 5.26. The lowest BCUT2D eigenvalue weighted by Crippen LogP contribution is -2.45. The highest BCUT2D eigenvalue weighted by molar-refractivity contribution is 5.82. The van der Waals surface area contributed by atoms with Crippen molar-refractivity contribution in [3.8, 4) is 0 Å². The summed E-state index contributed by atoms with van der Waals surface area (Å²) in [6.45, 7) is 4.23. The minimum Gasteiger partial charge on any atom is -0.480 e. The summed E-state index contributed by atoms with van der Waals surface area (Å²) in [5.41, 5.74) is 1.93. The molecule has 6 nitrogen and oxygen atoms in total. The van der Waals surface area contributed by atoms with Gasteiger partial charge in [0.2, 0.25) is 0 Å². The van der Waals surface area contributed by atoms with Crippen LogP contribution in [-0.2, 0) is 11.3 Å². The Kier molecular flexibility index (Phi) is 6.49. The molecule has 20 heavy (non-hydrogen) atoms. The zero-order chi connectivity index (χ0) is 15.0. The molecule has 3 N–H and O–H groups in total. The molecule has 1 aromatic rings. The van der Waals surface area contributed by atoms with Crippen molar-refractivity contribution in [1.29, 1.82) is 0 Å². The van der Waals surface area contributed by atoms with E-state index in [1.807, 2.05) is 19.9 Å². The molecule has 0 aliphatic rings. The Bertz CT molecular complexity index is 463. The molecule has 0 radical (unpaired) electrons. The van der Waals surface area contributed by atoms with Crippen molar-refractivity contribution in [3.63, 3.8) is 0 Å². The van der Waals surface area contributed by atoms with Crippen LogP contribution >= 0.6 is 0 Å². The van der Waals surface area contributed by atoms with Gasteiger partial charge in [0, 0.05) is 18.9 Å². The molecule has 0 saturated carbocycles. The monoisotopic (exact) mass is 279 g/mol. The number of nitrogens with one attached hydrogen (secondary N) is 2. The van der Waals surface area contributed by atoms with Crippen molar-refractivity contribution in [3.05, 3.63) is 29.6 Å². The SMILES string of the molecule is CCCCC(NC(=O)NCc1cnccc1C)C(=O)O. The molecule has 1 heterocycles. The molecule has 0 aromatic carbocycles. The molecule has 6 heteroatoms. The van der Waals surface area contributed by atoms with Gasteiger partial charge in [-0.1, -0.05) is 19.8 Å². The van der Waals surface area contributed by atoms with E-state index in [4.69, 9.17) is 5.11 Å². The lowest BCUT2D eigenvalue weighted by molar-refractivity contribution is -0.139. The fourth-order valence-electron chi connectivity index (χ4n) is 1.73. The maximum absolute atomic E-state index is 11.7. The molecule has 0 spiro atoms. The molecule has 1 unspecified atom stereocenters. The minimum atomic E-state index is -1.01. The lowest BCUT2D eigenvalue weighted by Gasteiger charge is -2.15. The quantitative estimate of drug-likeness (QED) is 0.710. The number of carboxylic acid groups (broad SMARTS) is 1. The highest BCUT2D eigenvalue weighted by Crippen LogP contribution is 2.04.